The number of thiophene rings is 2. The summed E-state index contributed by atoms with van der Waals surface area (Å²) in [6.45, 7) is 0. The van der Waals surface area contributed by atoms with Crippen molar-refractivity contribution in [1.29, 1.82) is 0 Å². The summed E-state index contributed by atoms with van der Waals surface area (Å²) in [5, 5.41) is 6.30. The minimum atomic E-state index is 0.692. The van der Waals surface area contributed by atoms with Crippen LogP contribution in [0, 0.1) is 0 Å². The van der Waals surface area contributed by atoms with Crippen molar-refractivity contribution >= 4 is 73.9 Å². The maximum absolute atomic E-state index is 5.54. The Kier molecular flexibility index (Phi) is 8.22. The van der Waals surface area contributed by atoms with Crippen molar-refractivity contribution in [2.24, 2.45) is 0 Å². The molecule has 3 nitrogen and oxygen atoms in total. The lowest BCUT2D eigenvalue weighted by Gasteiger charge is -2.13. The van der Waals surface area contributed by atoms with Crippen molar-refractivity contribution in [3.63, 3.8) is 0 Å². The summed E-state index contributed by atoms with van der Waals surface area (Å²) in [5.41, 5.74) is 12.5. The summed E-state index contributed by atoms with van der Waals surface area (Å²) in [5.74, 6) is 0.692. The highest BCUT2D eigenvalue weighted by molar-refractivity contribution is 7.26. The number of aromatic nitrogens is 3. The first-order valence-corrected chi connectivity index (χ1v) is 21.7. The van der Waals surface area contributed by atoms with Gasteiger partial charge in [-0.25, -0.2) is 15.0 Å². The smallest absolute Gasteiger partial charge is 0.160 e. The molecule has 5 heteroatoms. The molecule has 12 aromatic rings. The van der Waals surface area contributed by atoms with E-state index in [2.05, 4.69) is 176 Å². The van der Waals surface area contributed by atoms with Crippen LogP contribution in [0.2, 0.25) is 0 Å². The van der Waals surface area contributed by atoms with Crippen molar-refractivity contribution in [2.75, 3.05) is 0 Å². The number of pyridine rings is 1. The van der Waals surface area contributed by atoms with Crippen LogP contribution in [0.5, 0.6) is 0 Å². The molecule has 0 aliphatic rings. The number of hydrogen-bond acceptors (Lipinski definition) is 5. The quantitative estimate of drug-likeness (QED) is 0.168. The van der Waals surface area contributed by atoms with E-state index in [0.29, 0.717) is 5.82 Å². The van der Waals surface area contributed by atoms with Crippen LogP contribution >= 0.6 is 22.7 Å². The zero-order chi connectivity index (χ0) is 39.6. The van der Waals surface area contributed by atoms with Crippen LogP contribution in [0.4, 0.5) is 0 Å². The van der Waals surface area contributed by atoms with E-state index < -0.39 is 0 Å². The molecular formula is C55H33N3S2. The first-order chi connectivity index (χ1) is 29.7. The van der Waals surface area contributed by atoms with E-state index in [1.807, 2.05) is 46.9 Å². The van der Waals surface area contributed by atoms with Crippen LogP contribution < -0.4 is 0 Å². The van der Waals surface area contributed by atoms with Crippen molar-refractivity contribution in [1.82, 2.24) is 15.0 Å². The van der Waals surface area contributed by atoms with E-state index in [-0.39, 0.29) is 0 Å². The fraction of sp³-hybridized carbons (Fsp3) is 0. The molecule has 0 saturated carbocycles. The Labute approximate surface area is 354 Å². The minimum Gasteiger partial charge on any atom is -0.246 e. The third-order valence-corrected chi connectivity index (χ3v) is 13.8. The molecule has 0 aliphatic heterocycles. The van der Waals surface area contributed by atoms with Gasteiger partial charge in [-0.05, 0) is 64.7 Å². The first kappa shape index (κ1) is 34.7. The van der Waals surface area contributed by atoms with Crippen molar-refractivity contribution < 1.29 is 0 Å². The Morgan fingerprint density at radius 2 is 0.900 bits per heavy atom. The molecule has 60 heavy (non-hydrogen) atoms. The molecule has 0 fully saturated rings. The van der Waals surface area contributed by atoms with Gasteiger partial charge in [0.25, 0.3) is 0 Å². The topological polar surface area (TPSA) is 38.7 Å². The van der Waals surface area contributed by atoms with Gasteiger partial charge in [-0.15, -0.1) is 22.7 Å². The van der Waals surface area contributed by atoms with E-state index in [9.17, 15) is 0 Å². The zero-order valence-corrected chi connectivity index (χ0v) is 33.8. The summed E-state index contributed by atoms with van der Waals surface area (Å²) in [6.07, 6.45) is 0. The summed E-state index contributed by atoms with van der Waals surface area (Å²) >= 11 is 3.68. The maximum atomic E-state index is 5.54. The van der Waals surface area contributed by atoms with Gasteiger partial charge in [-0.2, -0.15) is 0 Å². The molecule has 0 radical (unpaired) electrons. The lowest BCUT2D eigenvalue weighted by atomic mass is 9.94. The highest BCUT2D eigenvalue weighted by Gasteiger charge is 2.20. The number of hydrogen-bond donors (Lipinski definition) is 0. The molecule has 12 rings (SSSR count). The predicted octanol–water partition coefficient (Wildman–Crippen LogP) is 15.8. The van der Waals surface area contributed by atoms with E-state index in [4.69, 9.17) is 15.0 Å². The minimum absolute atomic E-state index is 0.692. The van der Waals surface area contributed by atoms with Crippen molar-refractivity contribution in [3.05, 3.63) is 200 Å². The Balaban J connectivity index is 1.03. The first-order valence-electron chi connectivity index (χ1n) is 20.1. The molecule has 280 valence electrons. The Bertz CT molecular complexity index is 3590. The molecule has 0 amide bonds. The third-order valence-electron chi connectivity index (χ3n) is 11.5. The largest absolute Gasteiger partial charge is 0.246 e. The predicted molar refractivity (Wildman–Crippen MR) is 256 cm³/mol. The van der Waals surface area contributed by atoms with E-state index in [1.165, 1.54) is 68.0 Å². The summed E-state index contributed by atoms with van der Waals surface area (Å²) < 4.78 is 5.05. The molecule has 0 N–H and O–H groups in total. The SMILES string of the molecule is c1ccc(-c2ccc(-c3cc(-c4cccc(-c5nc6cccc(-c7ccc8sc9ccccc9c8c7)c6c6c5sc5ccccc56)c4)nc(-c4ccccc4)n3)cc2)cc1. The van der Waals surface area contributed by atoms with Crippen LogP contribution in [0.1, 0.15) is 0 Å². The third kappa shape index (κ3) is 5.90. The Hall–Kier alpha value is -7.31. The molecule has 0 atom stereocenters. The molecule has 4 heterocycles. The van der Waals surface area contributed by atoms with Crippen LogP contribution in [0.25, 0.3) is 119 Å². The second-order valence-electron chi connectivity index (χ2n) is 15.1. The highest BCUT2D eigenvalue weighted by atomic mass is 32.1. The summed E-state index contributed by atoms with van der Waals surface area (Å²) in [6, 6.07) is 71.2. The molecule has 0 saturated heterocycles. The van der Waals surface area contributed by atoms with E-state index >= 15 is 0 Å². The van der Waals surface area contributed by atoms with Gasteiger partial charge in [0.1, 0.15) is 0 Å². The van der Waals surface area contributed by atoms with Crippen LogP contribution in [-0.4, -0.2) is 15.0 Å². The number of nitrogens with zero attached hydrogens (tertiary/aromatic N) is 3. The Morgan fingerprint density at radius 1 is 0.317 bits per heavy atom. The standard InChI is InChI=1S/C55H33N3S2/c1-3-13-34(14-4-1)35-25-27-36(28-26-35)46-33-47(58-55(57-46)37-15-5-2-6-16-37)39-17-11-18-40(31-39)53-54-52(43-20-8-10-24-49(43)60-54)51-41(21-12-22-45(51)56-53)38-29-30-50-44(32-38)42-19-7-9-23-48(42)59-50/h1-33H. The summed E-state index contributed by atoms with van der Waals surface area (Å²) in [7, 11) is 0. The number of fused-ring (bicyclic) bond motifs is 8. The van der Waals surface area contributed by atoms with Gasteiger partial charge in [0, 0.05) is 63.3 Å². The van der Waals surface area contributed by atoms with Crippen molar-refractivity contribution in [3.8, 4) is 67.4 Å². The van der Waals surface area contributed by atoms with Gasteiger partial charge in [0.05, 0.1) is 27.3 Å². The van der Waals surface area contributed by atoms with E-state index in [1.54, 1.807) is 0 Å². The van der Waals surface area contributed by atoms with Gasteiger partial charge in [0.15, 0.2) is 5.82 Å². The molecule has 0 aliphatic carbocycles. The van der Waals surface area contributed by atoms with Gasteiger partial charge < -0.3 is 0 Å². The molecule has 0 spiro atoms. The summed E-state index contributed by atoms with van der Waals surface area (Å²) in [4.78, 5) is 15.9. The molecule has 8 aromatic carbocycles. The van der Waals surface area contributed by atoms with Gasteiger partial charge >= 0.3 is 0 Å². The number of benzene rings is 8. The lowest BCUT2D eigenvalue weighted by molar-refractivity contribution is 1.18. The van der Waals surface area contributed by atoms with Crippen LogP contribution in [0.3, 0.4) is 0 Å². The molecule has 0 bridgehead atoms. The maximum Gasteiger partial charge on any atom is 0.160 e. The lowest BCUT2D eigenvalue weighted by Crippen LogP contribution is -1.96. The van der Waals surface area contributed by atoms with Crippen LogP contribution in [-0.2, 0) is 0 Å². The van der Waals surface area contributed by atoms with Gasteiger partial charge in [-0.3, -0.25) is 0 Å². The fourth-order valence-corrected chi connectivity index (χ4v) is 10.9. The zero-order valence-electron chi connectivity index (χ0n) is 32.2. The monoisotopic (exact) mass is 799 g/mol. The van der Waals surface area contributed by atoms with Gasteiger partial charge in [0.2, 0.25) is 0 Å². The van der Waals surface area contributed by atoms with Crippen LogP contribution in [0.15, 0.2) is 200 Å². The number of rotatable bonds is 6. The fourth-order valence-electron chi connectivity index (χ4n) is 8.61. The normalized spacial score (nSPS) is 11.7. The second kappa shape index (κ2) is 14.2. The van der Waals surface area contributed by atoms with E-state index in [0.717, 1.165) is 44.9 Å². The molecular weight excluding hydrogens is 767 g/mol. The Morgan fingerprint density at radius 3 is 1.70 bits per heavy atom. The highest BCUT2D eigenvalue weighted by Crippen LogP contribution is 2.47. The molecule has 4 aromatic heterocycles. The average molecular weight is 800 g/mol. The average Bonchev–Trinajstić information content (AvgIpc) is 3.90. The second-order valence-corrected chi connectivity index (χ2v) is 17.3. The molecule has 0 unspecified atom stereocenters. The van der Waals surface area contributed by atoms with Gasteiger partial charge in [-0.1, -0.05) is 158 Å². The van der Waals surface area contributed by atoms with Crippen molar-refractivity contribution in [2.45, 2.75) is 0 Å².